The van der Waals surface area contributed by atoms with Gasteiger partial charge in [-0.3, -0.25) is 5.10 Å². The van der Waals surface area contributed by atoms with E-state index in [9.17, 15) is 0 Å². The number of H-pyrrole nitrogens is 1. The summed E-state index contributed by atoms with van der Waals surface area (Å²) in [6.07, 6.45) is 2.99. The molecule has 0 aliphatic rings. The first-order chi connectivity index (χ1) is 6.29. The first-order valence-corrected chi connectivity index (χ1v) is 4.55. The Bertz CT molecular complexity index is 370. The van der Waals surface area contributed by atoms with Crippen LogP contribution in [0.15, 0.2) is 18.3 Å². The summed E-state index contributed by atoms with van der Waals surface area (Å²) in [4.78, 5) is 4.06. The molecule has 3 nitrogen and oxygen atoms in total. The summed E-state index contributed by atoms with van der Waals surface area (Å²) in [5, 5.41) is 7.95. The van der Waals surface area contributed by atoms with E-state index in [2.05, 4.69) is 29.0 Å². The van der Waals surface area contributed by atoms with Crippen LogP contribution in [0, 0.1) is 6.92 Å². The Kier molecular flexibility index (Phi) is 3.43. The fourth-order valence-corrected chi connectivity index (χ4v) is 0.976. The van der Waals surface area contributed by atoms with Crippen LogP contribution in [0.4, 0.5) is 0 Å². The van der Waals surface area contributed by atoms with Gasteiger partial charge in [0.25, 0.3) is 0 Å². The Labute approximate surface area is 79.7 Å². The molecule has 0 radical (unpaired) electrons. The summed E-state index contributed by atoms with van der Waals surface area (Å²) in [6.45, 7) is 6.23. The predicted octanol–water partition coefficient (Wildman–Crippen LogP) is 2.93. The first-order valence-electron chi connectivity index (χ1n) is 4.55. The standard InChI is InChI=1S/C7H7N3.C3H8.H2/c1-5-6-3-2-4-8-7(6)10-9-5;1-3-2;/h2-4H,1H3,(H,8,9,10);3H2,1-2H3;1H. The largest absolute Gasteiger partial charge is 0.280 e. The Morgan fingerprint density at radius 2 is 2.15 bits per heavy atom. The molecule has 0 bridgehead atoms. The van der Waals surface area contributed by atoms with Crippen molar-refractivity contribution in [1.29, 1.82) is 0 Å². The molecular weight excluding hydrogens is 162 g/mol. The summed E-state index contributed by atoms with van der Waals surface area (Å²) >= 11 is 0. The lowest BCUT2D eigenvalue weighted by molar-refractivity contribution is 1.05. The molecule has 13 heavy (non-hydrogen) atoms. The SMILES string of the molecule is CCC.Cc1[nH]nc2ncccc12.[HH]. The Balaban J connectivity index is 0.000000381. The van der Waals surface area contributed by atoms with Gasteiger partial charge in [0.05, 0.1) is 0 Å². The van der Waals surface area contributed by atoms with Gasteiger partial charge in [0.2, 0.25) is 0 Å². The summed E-state index contributed by atoms with van der Waals surface area (Å²) in [5.41, 5.74) is 1.86. The summed E-state index contributed by atoms with van der Waals surface area (Å²) in [6, 6.07) is 3.91. The molecule has 0 unspecified atom stereocenters. The maximum atomic E-state index is 4.06. The minimum absolute atomic E-state index is 0. The number of pyridine rings is 1. The van der Waals surface area contributed by atoms with Crippen molar-refractivity contribution in [3.05, 3.63) is 24.0 Å². The lowest BCUT2D eigenvalue weighted by Gasteiger charge is -1.83. The molecule has 0 saturated heterocycles. The van der Waals surface area contributed by atoms with Crippen LogP contribution in [0.1, 0.15) is 27.4 Å². The number of nitrogens with one attached hydrogen (secondary N) is 1. The van der Waals surface area contributed by atoms with Gasteiger partial charge in [0, 0.05) is 18.7 Å². The molecule has 2 heterocycles. The molecule has 0 aliphatic heterocycles. The first kappa shape index (κ1) is 9.71. The van der Waals surface area contributed by atoms with Crippen LogP contribution < -0.4 is 0 Å². The van der Waals surface area contributed by atoms with Gasteiger partial charge in [0.1, 0.15) is 0 Å². The van der Waals surface area contributed by atoms with E-state index in [4.69, 9.17) is 0 Å². The van der Waals surface area contributed by atoms with Gasteiger partial charge in [-0.05, 0) is 19.1 Å². The van der Waals surface area contributed by atoms with Crippen LogP contribution in [0.25, 0.3) is 11.0 Å². The summed E-state index contributed by atoms with van der Waals surface area (Å²) in [5.74, 6) is 0. The van der Waals surface area contributed by atoms with E-state index in [1.807, 2.05) is 19.1 Å². The zero-order valence-corrected chi connectivity index (χ0v) is 8.33. The fraction of sp³-hybridized carbons (Fsp3) is 0.400. The van der Waals surface area contributed by atoms with E-state index in [-0.39, 0.29) is 1.43 Å². The van der Waals surface area contributed by atoms with Crippen molar-refractivity contribution in [2.24, 2.45) is 0 Å². The molecule has 1 N–H and O–H groups in total. The van der Waals surface area contributed by atoms with Gasteiger partial charge in [-0.25, -0.2) is 4.98 Å². The van der Waals surface area contributed by atoms with E-state index in [1.54, 1.807) is 6.20 Å². The summed E-state index contributed by atoms with van der Waals surface area (Å²) in [7, 11) is 0. The third kappa shape index (κ3) is 2.28. The molecule has 0 aromatic carbocycles. The van der Waals surface area contributed by atoms with E-state index >= 15 is 0 Å². The van der Waals surface area contributed by atoms with Crippen molar-refractivity contribution in [3.8, 4) is 0 Å². The van der Waals surface area contributed by atoms with Gasteiger partial charge in [-0.1, -0.05) is 20.3 Å². The highest BCUT2D eigenvalue weighted by Crippen LogP contribution is 2.09. The average Bonchev–Trinajstić information content (AvgIpc) is 2.50. The van der Waals surface area contributed by atoms with Crippen LogP contribution in [0.2, 0.25) is 0 Å². The highest BCUT2D eigenvalue weighted by atomic mass is 15.1. The third-order valence-corrected chi connectivity index (χ3v) is 1.52. The van der Waals surface area contributed by atoms with Gasteiger partial charge < -0.3 is 0 Å². The fourth-order valence-electron chi connectivity index (χ4n) is 0.976. The third-order valence-electron chi connectivity index (χ3n) is 1.52. The maximum absolute atomic E-state index is 4.06. The number of aromatic nitrogens is 3. The summed E-state index contributed by atoms with van der Waals surface area (Å²) < 4.78 is 0. The number of hydrogen-bond donors (Lipinski definition) is 1. The lowest BCUT2D eigenvalue weighted by Crippen LogP contribution is -1.72. The molecule has 0 amide bonds. The number of rotatable bonds is 0. The normalized spacial score (nSPS) is 9.46. The zero-order chi connectivity index (χ0) is 9.68. The van der Waals surface area contributed by atoms with Crippen molar-refractivity contribution in [2.45, 2.75) is 27.2 Å². The number of fused-ring (bicyclic) bond motifs is 1. The van der Waals surface area contributed by atoms with E-state index < -0.39 is 0 Å². The second-order valence-electron chi connectivity index (χ2n) is 2.93. The number of nitrogens with zero attached hydrogens (tertiary/aromatic N) is 2. The van der Waals surface area contributed by atoms with Crippen molar-refractivity contribution < 1.29 is 1.43 Å². The van der Waals surface area contributed by atoms with Crippen molar-refractivity contribution in [2.75, 3.05) is 0 Å². The van der Waals surface area contributed by atoms with Gasteiger partial charge in [0.15, 0.2) is 5.65 Å². The smallest absolute Gasteiger partial charge is 0.181 e. The Morgan fingerprint density at radius 3 is 2.77 bits per heavy atom. The van der Waals surface area contributed by atoms with Crippen LogP contribution in [0.3, 0.4) is 0 Å². The van der Waals surface area contributed by atoms with Gasteiger partial charge in [-0.2, -0.15) is 5.10 Å². The molecule has 72 valence electrons. The monoisotopic (exact) mass is 179 g/mol. The molecule has 0 aliphatic carbocycles. The molecule has 0 spiro atoms. The number of aryl methyl sites for hydroxylation is 1. The van der Waals surface area contributed by atoms with Gasteiger partial charge >= 0.3 is 0 Å². The predicted molar refractivity (Wildman–Crippen MR) is 56.7 cm³/mol. The van der Waals surface area contributed by atoms with Gasteiger partial charge in [-0.15, -0.1) is 0 Å². The minimum atomic E-state index is 0. The molecule has 0 fully saturated rings. The topological polar surface area (TPSA) is 41.6 Å². The Morgan fingerprint density at radius 1 is 1.46 bits per heavy atom. The van der Waals surface area contributed by atoms with Crippen LogP contribution >= 0.6 is 0 Å². The van der Waals surface area contributed by atoms with Crippen molar-refractivity contribution in [1.82, 2.24) is 15.2 Å². The Hall–Kier alpha value is -1.38. The van der Waals surface area contributed by atoms with Crippen molar-refractivity contribution >= 4 is 11.0 Å². The molecule has 2 rings (SSSR count). The molecule has 0 atom stereocenters. The van der Waals surface area contributed by atoms with E-state index in [1.165, 1.54) is 6.42 Å². The second kappa shape index (κ2) is 4.60. The van der Waals surface area contributed by atoms with Crippen LogP contribution in [-0.4, -0.2) is 15.2 Å². The number of aromatic amines is 1. The van der Waals surface area contributed by atoms with Crippen LogP contribution in [-0.2, 0) is 0 Å². The minimum Gasteiger partial charge on any atom is -0.280 e. The number of hydrogen-bond acceptors (Lipinski definition) is 2. The zero-order valence-electron chi connectivity index (χ0n) is 8.33. The molecular formula is C10H17N3. The molecule has 0 saturated carbocycles. The average molecular weight is 179 g/mol. The molecule has 2 aromatic rings. The van der Waals surface area contributed by atoms with Crippen LogP contribution in [0.5, 0.6) is 0 Å². The maximum Gasteiger partial charge on any atom is 0.181 e. The van der Waals surface area contributed by atoms with E-state index in [0.717, 1.165) is 16.7 Å². The highest BCUT2D eigenvalue weighted by Gasteiger charge is 1.97. The molecule has 2 aromatic heterocycles. The van der Waals surface area contributed by atoms with E-state index in [0.29, 0.717) is 0 Å². The highest BCUT2D eigenvalue weighted by molar-refractivity contribution is 5.76. The molecule has 3 heteroatoms. The second-order valence-corrected chi connectivity index (χ2v) is 2.93. The van der Waals surface area contributed by atoms with Crippen molar-refractivity contribution in [3.63, 3.8) is 0 Å². The lowest BCUT2D eigenvalue weighted by atomic mass is 10.3. The quantitative estimate of drug-likeness (QED) is 0.675.